The van der Waals surface area contributed by atoms with Gasteiger partial charge in [-0.05, 0) is 53.3 Å². The van der Waals surface area contributed by atoms with Gasteiger partial charge in [0.15, 0.2) is 5.78 Å². The molecule has 2 aromatic carbocycles. The predicted octanol–water partition coefficient (Wildman–Crippen LogP) is 6.88. The minimum atomic E-state index is -0.395. The topological polar surface area (TPSA) is 37.3 Å². The molecule has 0 spiro atoms. The summed E-state index contributed by atoms with van der Waals surface area (Å²) in [6.45, 7) is 6.00. The highest BCUT2D eigenvalue weighted by Crippen LogP contribution is 2.42. The lowest BCUT2D eigenvalue weighted by atomic mass is 9.74. The van der Waals surface area contributed by atoms with E-state index in [0.29, 0.717) is 28.5 Å². The van der Waals surface area contributed by atoms with E-state index in [9.17, 15) is 9.90 Å². The molecule has 136 valence electrons. The Bertz CT molecular complexity index is 910. The number of Topliss-reactive ketones (excluding diaryl/α,β-unsaturated/α-hetero) is 1. The van der Waals surface area contributed by atoms with Gasteiger partial charge >= 0.3 is 0 Å². The van der Waals surface area contributed by atoms with Crippen LogP contribution in [0.3, 0.4) is 0 Å². The van der Waals surface area contributed by atoms with E-state index in [1.54, 1.807) is 6.07 Å². The van der Waals surface area contributed by atoms with Crippen LogP contribution in [0.1, 0.15) is 44.7 Å². The highest BCUT2D eigenvalue weighted by molar-refractivity contribution is 6.42. The van der Waals surface area contributed by atoms with Crippen molar-refractivity contribution in [1.82, 2.24) is 0 Å². The maximum atomic E-state index is 12.7. The Hall–Kier alpha value is -1.77. The molecule has 0 atom stereocenters. The van der Waals surface area contributed by atoms with Crippen LogP contribution in [0.2, 0.25) is 10.0 Å². The van der Waals surface area contributed by atoms with E-state index in [4.69, 9.17) is 23.2 Å². The Morgan fingerprint density at radius 1 is 1.04 bits per heavy atom. The number of benzene rings is 2. The van der Waals surface area contributed by atoms with Gasteiger partial charge in [-0.1, -0.05) is 62.2 Å². The van der Waals surface area contributed by atoms with Gasteiger partial charge in [0.25, 0.3) is 0 Å². The van der Waals surface area contributed by atoms with Gasteiger partial charge in [-0.2, -0.15) is 0 Å². The van der Waals surface area contributed by atoms with E-state index in [-0.39, 0.29) is 11.5 Å². The van der Waals surface area contributed by atoms with Crippen LogP contribution in [-0.2, 0) is 11.2 Å². The molecular formula is C22H22Cl2O2. The molecule has 0 radical (unpaired) electrons. The minimum Gasteiger partial charge on any atom is -0.511 e. The number of halogens is 2. The van der Waals surface area contributed by atoms with Crippen LogP contribution in [0.4, 0.5) is 0 Å². The Morgan fingerprint density at radius 2 is 1.69 bits per heavy atom. The first-order valence-corrected chi connectivity index (χ1v) is 9.56. The number of aliphatic hydroxyl groups excluding tert-OH is 1. The molecule has 0 fully saturated rings. The molecule has 4 heteroatoms. The zero-order valence-electron chi connectivity index (χ0n) is 15.2. The highest BCUT2D eigenvalue weighted by Gasteiger charge is 2.35. The van der Waals surface area contributed by atoms with Crippen LogP contribution in [0.25, 0.3) is 16.7 Å². The van der Waals surface area contributed by atoms with E-state index in [0.717, 1.165) is 28.7 Å². The van der Waals surface area contributed by atoms with E-state index in [1.165, 1.54) is 0 Å². The molecule has 0 saturated carbocycles. The molecule has 1 aliphatic carbocycles. The second-order valence-corrected chi connectivity index (χ2v) is 8.20. The summed E-state index contributed by atoms with van der Waals surface area (Å²) in [5.74, 6) is 0.192. The summed E-state index contributed by atoms with van der Waals surface area (Å²) >= 11 is 12.2. The van der Waals surface area contributed by atoms with Crippen molar-refractivity contribution in [3.8, 4) is 11.1 Å². The number of aryl methyl sites for hydroxylation is 1. The number of aliphatic hydroxyl groups is 1. The molecule has 0 aliphatic heterocycles. The van der Waals surface area contributed by atoms with Crippen molar-refractivity contribution in [2.24, 2.45) is 5.41 Å². The SMILES string of the molecule is CCc1ccc(-c2ccc(Cl)c(Cl)c2)cc1C1=C(O)C(C)(C)CCC1=O. The van der Waals surface area contributed by atoms with E-state index < -0.39 is 5.41 Å². The van der Waals surface area contributed by atoms with Crippen molar-refractivity contribution in [3.63, 3.8) is 0 Å². The molecule has 0 saturated heterocycles. The van der Waals surface area contributed by atoms with Gasteiger partial charge in [-0.25, -0.2) is 0 Å². The standard InChI is InChI=1S/C22H22Cl2O2/c1-4-13-5-6-14(15-7-8-17(23)18(24)12-15)11-16(13)20-19(25)9-10-22(2,3)21(20)26/h5-8,11-12,26H,4,9-10H2,1-3H3. The Labute approximate surface area is 164 Å². The summed E-state index contributed by atoms with van der Waals surface area (Å²) in [5.41, 5.74) is 3.78. The summed E-state index contributed by atoms with van der Waals surface area (Å²) in [4.78, 5) is 12.7. The van der Waals surface area contributed by atoms with Gasteiger partial charge in [-0.15, -0.1) is 0 Å². The molecule has 0 heterocycles. The lowest BCUT2D eigenvalue weighted by Gasteiger charge is -2.31. The lowest BCUT2D eigenvalue weighted by Crippen LogP contribution is -2.25. The molecule has 1 aliphatic rings. The third-order valence-electron chi connectivity index (χ3n) is 5.15. The normalized spacial score (nSPS) is 16.9. The van der Waals surface area contributed by atoms with Crippen molar-refractivity contribution in [2.45, 2.75) is 40.0 Å². The molecule has 2 aromatic rings. The summed E-state index contributed by atoms with van der Waals surface area (Å²) in [7, 11) is 0. The molecule has 0 unspecified atom stereocenters. The molecule has 1 N–H and O–H groups in total. The molecule has 0 bridgehead atoms. The first-order chi connectivity index (χ1) is 12.2. The van der Waals surface area contributed by atoms with E-state index in [2.05, 4.69) is 0 Å². The number of hydrogen-bond acceptors (Lipinski definition) is 2. The average Bonchev–Trinajstić information content (AvgIpc) is 2.61. The largest absolute Gasteiger partial charge is 0.511 e. The fourth-order valence-electron chi connectivity index (χ4n) is 3.39. The Kier molecular flexibility index (Phi) is 5.18. The van der Waals surface area contributed by atoms with Crippen molar-refractivity contribution in [1.29, 1.82) is 0 Å². The van der Waals surface area contributed by atoms with Crippen LogP contribution in [0.15, 0.2) is 42.2 Å². The zero-order valence-corrected chi connectivity index (χ0v) is 16.7. The first-order valence-electron chi connectivity index (χ1n) is 8.80. The summed E-state index contributed by atoms with van der Waals surface area (Å²) in [5, 5.41) is 11.8. The third-order valence-corrected chi connectivity index (χ3v) is 5.89. The molecule has 0 aromatic heterocycles. The Morgan fingerprint density at radius 3 is 2.35 bits per heavy atom. The summed E-state index contributed by atoms with van der Waals surface area (Å²) < 4.78 is 0. The number of allylic oxidation sites excluding steroid dienone is 2. The van der Waals surface area contributed by atoms with Crippen LogP contribution < -0.4 is 0 Å². The monoisotopic (exact) mass is 388 g/mol. The van der Waals surface area contributed by atoms with Crippen LogP contribution >= 0.6 is 23.2 Å². The van der Waals surface area contributed by atoms with E-state index >= 15 is 0 Å². The van der Waals surface area contributed by atoms with Gasteiger partial charge in [0, 0.05) is 11.8 Å². The van der Waals surface area contributed by atoms with Gasteiger partial charge in [0.05, 0.1) is 15.6 Å². The maximum Gasteiger partial charge on any atom is 0.166 e. The smallest absolute Gasteiger partial charge is 0.166 e. The van der Waals surface area contributed by atoms with Crippen LogP contribution in [-0.4, -0.2) is 10.9 Å². The first kappa shape index (κ1) is 19.0. The van der Waals surface area contributed by atoms with Crippen LogP contribution in [0.5, 0.6) is 0 Å². The second-order valence-electron chi connectivity index (χ2n) is 7.39. The lowest BCUT2D eigenvalue weighted by molar-refractivity contribution is -0.115. The molecule has 3 rings (SSSR count). The zero-order chi connectivity index (χ0) is 19.1. The summed E-state index contributed by atoms with van der Waals surface area (Å²) in [6, 6.07) is 11.5. The van der Waals surface area contributed by atoms with Gasteiger partial charge < -0.3 is 5.11 Å². The fraction of sp³-hybridized carbons (Fsp3) is 0.318. The number of ketones is 1. The third kappa shape index (κ3) is 3.41. The molecule has 26 heavy (non-hydrogen) atoms. The van der Waals surface area contributed by atoms with Crippen molar-refractivity contribution in [2.75, 3.05) is 0 Å². The van der Waals surface area contributed by atoms with Gasteiger partial charge in [0.1, 0.15) is 5.76 Å². The van der Waals surface area contributed by atoms with Crippen LogP contribution in [0, 0.1) is 5.41 Å². The number of hydrogen-bond donors (Lipinski definition) is 1. The fourth-order valence-corrected chi connectivity index (χ4v) is 3.69. The average molecular weight is 389 g/mol. The highest BCUT2D eigenvalue weighted by atomic mass is 35.5. The summed E-state index contributed by atoms with van der Waals surface area (Å²) in [6.07, 6.45) is 1.89. The number of carbonyl (C=O) groups is 1. The minimum absolute atomic E-state index is 0.00261. The maximum absolute atomic E-state index is 12.7. The second kappa shape index (κ2) is 7.09. The van der Waals surface area contributed by atoms with Gasteiger partial charge in [0.2, 0.25) is 0 Å². The Balaban J connectivity index is 2.20. The molecular weight excluding hydrogens is 367 g/mol. The van der Waals surface area contributed by atoms with Crippen molar-refractivity contribution < 1.29 is 9.90 Å². The van der Waals surface area contributed by atoms with Crippen molar-refractivity contribution in [3.05, 3.63) is 63.3 Å². The van der Waals surface area contributed by atoms with Crippen molar-refractivity contribution >= 4 is 34.6 Å². The number of carbonyl (C=O) groups excluding carboxylic acids is 1. The number of rotatable bonds is 3. The quantitative estimate of drug-likeness (QED) is 0.621. The molecule has 0 amide bonds. The molecule has 2 nitrogen and oxygen atoms in total. The van der Waals surface area contributed by atoms with E-state index in [1.807, 2.05) is 51.1 Å². The predicted molar refractivity (Wildman–Crippen MR) is 109 cm³/mol. The van der Waals surface area contributed by atoms with Gasteiger partial charge in [-0.3, -0.25) is 4.79 Å².